The molecule has 0 aliphatic rings. The molecule has 100 heavy (non-hydrogen) atoms. The molecule has 0 saturated carbocycles. The van der Waals surface area contributed by atoms with Crippen LogP contribution in [0.2, 0.25) is 0 Å². The number of rotatable bonds is 11. The Morgan fingerprint density at radius 2 is 0.700 bits per heavy atom. The minimum absolute atomic E-state index is 0.903. The Kier molecular flexibility index (Phi) is 13.5. The molecule has 3 nitrogen and oxygen atoms in total. The molecule has 0 radical (unpaired) electrons. The zero-order valence-corrected chi connectivity index (χ0v) is 55.2. The van der Waals surface area contributed by atoms with Crippen molar-refractivity contribution in [3.63, 3.8) is 0 Å². The van der Waals surface area contributed by atoms with E-state index >= 15 is 0 Å². The lowest BCUT2D eigenvalue weighted by molar-refractivity contribution is 0.670. The van der Waals surface area contributed by atoms with Crippen molar-refractivity contribution in [3.8, 4) is 55.6 Å². The molecule has 0 unspecified atom stereocenters. The molecule has 0 bridgehead atoms. The molecule has 4 heteroatoms. The van der Waals surface area contributed by atoms with Crippen LogP contribution in [0.4, 0.5) is 34.1 Å². The highest BCUT2D eigenvalue weighted by Gasteiger charge is 2.22. The Balaban J connectivity index is 0.626. The molecule has 0 N–H and O–H groups in total. The first-order chi connectivity index (χ1) is 49.6. The lowest BCUT2D eigenvalue weighted by Crippen LogP contribution is -2.11. The van der Waals surface area contributed by atoms with Gasteiger partial charge in [-0.15, -0.1) is 11.3 Å². The summed E-state index contributed by atoms with van der Waals surface area (Å²) in [5.74, 6) is 0. The summed E-state index contributed by atoms with van der Waals surface area (Å²) < 4.78 is 8.97. The first kappa shape index (κ1) is 57.4. The van der Waals surface area contributed by atoms with E-state index in [0.717, 1.165) is 67.2 Å². The largest absolute Gasteiger partial charge is 0.455 e. The third-order valence-electron chi connectivity index (χ3n) is 20.6. The molecule has 2 aromatic heterocycles. The van der Waals surface area contributed by atoms with Crippen molar-refractivity contribution in [1.29, 1.82) is 0 Å². The SMILES string of the molecule is c1ccc(-c2ccccc2N(c2ccc(-c3cc4ccccc4c4ccc5ccccc5c34)cc2)c2ccc3c(c2)sc2ccc(-c4ccc5c(ccc6c5ccc5cccc(-c7ccc(N(c8ccccc8)c8ccc(-c9cccc%10c9oc9ccccc9%10)cc8)cc7)c56)c4)cc23)cc1. The zero-order chi connectivity index (χ0) is 65.8. The van der Waals surface area contributed by atoms with Gasteiger partial charge in [0.15, 0.2) is 0 Å². The maximum Gasteiger partial charge on any atom is 0.143 e. The number of furan rings is 1. The molecule has 466 valence electrons. The maximum absolute atomic E-state index is 6.45. The Hall–Kier alpha value is -12.9. The number of fused-ring (bicyclic) bond motifs is 16. The van der Waals surface area contributed by atoms with Crippen molar-refractivity contribution in [3.05, 3.63) is 364 Å². The van der Waals surface area contributed by atoms with Gasteiger partial charge < -0.3 is 14.2 Å². The fraction of sp³-hybridized carbons (Fsp3) is 0. The van der Waals surface area contributed by atoms with Crippen LogP contribution in [-0.4, -0.2) is 0 Å². The molecular weight excluding hydrogens is 1230 g/mol. The van der Waals surface area contributed by atoms with Crippen molar-refractivity contribution >= 4 is 152 Å². The first-order valence-electron chi connectivity index (χ1n) is 34.3. The van der Waals surface area contributed by atoms with Gasteiger partial charge in [0.2, 0.25) is 0 Å². The second kappa shape index (κ2) is 23.5. The third kappa shape index (κ3) is 9.56. The molecule has 18 aromatic carbocycles. The standard InChI is InChI=1S/C96H60N2OS/c1-3-17-61(18-4-1)78-25-11-13-31-90(78)98(74-48-37-65(38-49-74)88-59-69-20-8-9-24-76(69)85-53-39-62-19-7-10-26-80(62)95(85)88)75-50-55-84-89-58-68(43-56-92(89)100-93(84)60-75)67-41-51-77-70(57-67)42-54-86-82(77)52-40-66-21-15-28-79(94(66)86)63-33-44-72(45-34-63)97(71-22-5-2-6-23-71)73-46-35-64(36-47-73)81-29-16-30-87-83-27-12-14-32-91(83)99-96(81)87/h1-60H. The van der Waals surface area contributed by atoms with E-state index in [9.17, 15) is 0 Å². The average Bonchev–Trinajstić information content (AvgIpc) is 0.777. The second-order valence-corrected chi connectivity index (χ2v) is 27.3. The van der Waals surface area contributed by atoms with Crippen LogP contribution in [0.3, 0.4) is 0 Å². The lowest BCUT2D eigenvalue weighted by Gasteiger charge is -2.28. The van der Waals surface area contributed by atoms with Gasteiger partial charge in [-0.1, -0.05) is 267 Å². The van der Waals surface area contributed by atoms with Gasteiger partial charge in [0.05, 0.1) is 5.69 Å². The Labute approximate surface area is 582 Å². The number of para-hydroxylation sites is 4. The maximum atomic E-state index is 6.45. The van der Waals surface area contributed by atoms with Gasteiger partial charge in [-0.2, -0.15) is 0 Å². The number of benzene rings is 18. The summed E-state index contributed by atoms with van der Waals surface area (Å²) in [6.45, 7) is 0. The molecule has 20 rings (SSSR count). The quantitative estimate of drug-likeness (QED) is 0.120. The summed E-state index contributed by atoms with van der Waals surface area (Å²) in [5, 5.41) is 19.8. The van der Waals surface area contributed by atoms with Crippen molar-refractivity contribution in [1.82, 2.24) is 0 Å². The second-order valence-electron chi connectivity index (χ2n) is 26.2. The van der Waals surface area contributed by atoms with Crippen LogP contribution in [0.5, 0.6) is 0 Å². The van der Waals surface area contributed by atoms with E-state index in [4.69, 9.17) is 4.42 Å². The van der Waals surface area contributed by atoms with Gasteiger partial charge in [-0.25, -0.2) is 0 Å². The predicted octanol–water partition coefficient (Wildman–Crippen LogP) is 28.1. The molecule has 0 atom stereocenters. The summed E-state index contributed by atoms with van der Waals surface area (Å²) in [7, 11) is 0. The number of anilines is 6. The molecule has 0 aliphatic carbocycles. The molecular formula is C96H60N2OS. The number of thiophene rings is 1. The highest BCUT2D eigenvalue weighted by atomic mass is 32.1. The molecule has 0 fully saturated rings. The van der Waals surface area contributed by atoms with Crippen molar-refractivity contribution in [2.75, 3.05) is 9.80 Å². The van der Waals surface area contributed by atoms with Gasteiger partial charge in [-0.05, 0) is 206 Å². The summed E-state index contributed by atoms with van der Waals surface area (Å²) in [6.07, 6.45) is 0. The van der Waals surface area contributed by atoms with Gasteiger partial charge in [-0.3, -0.25) is 0 Å². The topological polar surface area (TPSA) is 19.6 Å². The molecule has 0 aliphatic heterocycles. The fourth-order valence-corrected chi connectivity index (χ4v) is 17.0. The van der Waals surface area contributed by atoms with E-state index in [0.29, 0.717) is 0 Å². The van der Waals surface area contributed by atoms with Crippen LogP contribution in [0.25, 0.3) is 162 Å². The van der Waals surface area contributed by atoms with Gasteiger partial charge in [0.25, 0.3) is 0 Å². The van der Waals surface area contributed by atoms with E-state index in [2.05, 4.69) is 362 Å². The van der Waals surface area contributed by atoms with Gasteiger partial charge in [0, 0.05) is 70.5 Å². The van der Waals surface area contributed by atoms with Crippen LogP contribution in [0.15, 0.2) is 368 Å². The van der Waals surface area contributed by atoms with Gasteiger partial charge in [0.1, 0.15) is 11.2 Å². The van der Waals surface area contributed by atoms with E-state index in [-0.39, 0.29) is 0 Å². The van der Waals surface area contributed by atoms with E-state index in [1.807, 2.05) is 23.5 Å². The molecule has 0 amide bonds. The molecule has 2 heterocycles. The van der Waals surface area contributed by atoms with Crippen LogP contribution in [0, 0.1) is 0 Å². The number of hydrogen-bond donors (Lipinski definition) is 0. The molecule has 20 aromatic rings. The minimum Gasteiger partial charge on any atom is -0.455 e. The predicted molar refractivity (Wildman–Crippen MR) is 428 cm³/mol. The van der Waals surface area contributed by atoms with Crippen LogP contribution >= 0.6 is 11.3 Å². The van der Waals surface area contributed by atoms with Crippen molar-refractivity contribution < 1.29 is 4.42 Å². The van der Waals surface area contributed by atoms with Gasteiger partial charge >= 0.3 is 0 Å². The van der Waals surface area contributed by atoms with E-state index in [1.54, 1.807) is 0 Å². The summed E-state index contributed by atoms with van der Waals surface area (Å²) in [4.78, 5) is 4.78. The Morgan fingerprint density at radius 1 is 0.210 bits per heavy atom. The fourth-order valence-electron chi connectivity index (χ4n) is 15.9. The smallest absolute Gasteiger partial charge is 0.143 e. The van der Waals surface area contributed by atoms with Crippen molar-refractivity contribution in [2.45, 2.75) is 0 Å². The molecule has 0 spiro atoms. The van der Waals surface area contributed by atoms with Crippen LogP contribution < -0.4 is 9.80 Å². The monoisotopic (exact) mass is 1290 g/mol. The summed E-state index contributed by atoms with van der Waals surface area (Å²) in [5.41, 5.74) is 20.1. The minimum atomic E-state index is 0.903. The number of nitrogens with zero attached hydrogens (tertiary/aromatic N) is 2. The van der Waals surface area contributed by atoms with Crippen LogP contribution in [-0.2, 0) is 0 Å². The van der Waals surface area contributed by atoms with Crippen molar-refractivity contribution in [2.24, 2.45) is 0 Å². The Morgan fingerprint density at radius 3 is 1.50 bits per heavy atom. The Bertz CT molecular complexity index is 6630. The average molecular weight is 1290 g/mol. The number of hydrogen-bond acceptors (Lipinski definition) is 4. The summed E-state index contributed by atoms with van der Waals surface area (Å²) in [6, 6.07) is 134. The lowest BCUT2D eigenvalue weighted by atomic mass is 9.90. The summed E-state index contributed by atoms with van der Waals surface area (Å²) >= 11 is 1.86. The third-order valence-corrected chi connectivity index (χ3v) is 21.7. The first-order valence-corrected chi connectivity index (χ1v) is 35.1. The highest BCUT2D eigenvalue weighted by molar-refractivity contribution is 7.25. The van der Waals surface area contributed by atoms with Crippen LogP contribution in [0.1, 0.15) is 0 Å². The highest BCUT2D eigenvalue weighted by Crippen LogP contribution is 2.48. The zero-order valence-electron chi connectivity index (χ0n) is 54.4. The van der Waals surface area contributed by atoms with E-state index in [1.165, 1.54) is 129 Å². The normalized spacial score (nSPS) is 11.8. The van der Waals surface area contributed by atoms with E-state index < -0.39 is 0 Å². The molecule has 0 saturated heterocycles.